The number of hydrogen-bond acceptors (Lipinski definition) is 1. The molecule has 0 aliphatic rings. The first-order valence-corrected chi connectivity index (χ1v) is 6.75. The molecule has 0 fully saturated rings. The second kappa shape index (κ2) is 6.18. The average molecular weight is 278 g/mol. The fraction of sp³-hybridized carbons (Fsp3) is 0.375. The average Bonchev–Trinajstić information content (AvgIpc) is 2.61. The van der Waals surface area contributed by atoms with Crippen molar-refractivity contribution in [2.24, 2.45) is 7.05 Å². The van der Waals surface area contributed by atoms with Crippen LogP contribution in [0.4, 0.5) is 8.78 Å². The van der Waals surface area contributed by atoms with Crippen molar-refractivity contribution in [2.45, 2.75) is 26.8 Å². The van der Waals surface area contributed by atoms with Gasteiger partial charge in [-0.15, -0.1) is 0 Å². The van der Waals surface area contributed by atoms with Crippen LogP contribution in [0.1, 0.15) is 22.5 Å². The second-order valence-corrected chi connectivity index (χ2v) is 5.16. The summed E-state index contributed by atoms with van der Waals surface area (Å²) in [4.78, 5) is 0. The van der Waals surface area contributed by atoms with Gasteiger partial charge in [-0.2, -0.15) is 0 Å². The normalized spacial score (nSPS) is 11.1. The number of aromatic nitrogens is 1. The van der Waals surface area contributed by atoms with E-state index in [1.54, 1.807) is 0 Å². The zero-order valence-electron chi connectivity index (χ0n) is 12.1. The molecule has 2 rings (SSSR count). The zero-order valence-corrected chi connectivity index (χ0v) is 12.1. The standard InChI is InChI=1S/C16H20F2N2/c1-11-6-14(12(2)20(11)3)10-19-5-4-13-7-15(17)9-16(18)8-13/h6-9,19H,4-5,10H2,1-3H3. The van der Waals surface area contributed by atoms with Crippen LogP contribution in [-0.4, -0.2) is 11.1 Å². The molecule has 108 valence electrons. The van der Waals surface area contributed by atoms with Crippen LogP contribution in [0, 0.1) is 25.5 Å². The van der Waals surface area contributed by atoms with Gasteiger partial charge in [0, 0.05) is 31.0 Å². The van der Waals surface area contributed by atoms with Crippen molar-refractivity contribution in [3.05, 3.63) is 58.4 Å². The molecule has 0 saturated heterocycles. The number of rotatable bonds is 5. The first-order valence-electron chi connectivity index (χ1n) is 6.75. The Balaban J connectivity index is 1.86. The van der Waals surface area contributed by atoms with Crippen LogP contribution in [0.25, 0.3) is 0 Å². The lowest BCUT2D eigenvalue weighted by molar-refractivity contribution is 0.577. The van der Waals surface area contributed by atoms with Crippen LogP contribution >= 0.6 is 0 Å². The summed E-state index contributed by atoms with van der Waals surface area (Å²) >= 11 is 0. The van der Waals surface area contributed by atoms with Gasteiger partial charge in [-0.05, 0) is 56.1 Å². The smallest absolute Gasteiger partial charge is 0.126 e. The van der Waals surface area contributed by atoms with Crippen molar-refractivity contribution < 1.29 is 8.78 Å². The predicted molar refractivity (Wildman–Crippen MR) is 76.7 cm³/mol. The minimum Gasteiger partial charge on any atom is -0.352 e. The number of aryl methyl sites for hydroxylation is 1. The maximum absolute atomic E-state index is 13.0. The van der Waals surface area contributed by atoms with Gasteiger partial charge in [0.1, 0.15) is 11.6 Å². The van der Waals surface area contributed by atoms with Gasteiger partial charge in [0.05, 0.1) is 0 Å². The molecule has 1 heterocycles. The Morgan fingerprint density at radius 3 is 2.25 bits per heavy atom. The van der Waals surface area contributed by atoms with Crippen molar-refractivity contribution in [3.8, 4) is 0 Å². The molecule has 0 bridgehead atoms. The van der Waals surface area contributed by atoms with E-state index in [1.165, 1.54) is 29.1 Å². The molecule has 1 aromatic heterocycles. The van der Waals surface area contributed by atoms with Crippen LogP contribution in [-0.2, 0) is 20.0 Å². The minimum absolute atomic E-state index is 0.519. The maximum Gasteiger partial charge on any atom is 0.126 e. The summed E-state index contributed by atoms with van der Waals surface area (Å²) in [6.07, 6.45) is 0.611. The van der Waals surface area contributed by atoms with Crippen LogP contribution in [0.2, 0.25) is 0 Å². The number of nitrogens with zero attached hydrogens (tertiary/aromatic N) is 1. The SMILES string of the molecule is Cc1cc(CNCCc2cc(F)cc(F)c2)c(C)n1C. The molecule has 4 heteroatoms. The van der Waals surface area contributed by atoms with Crippen molar-refractivity contribution >= 4 is 0 Å². The highest BCUT2D eigenvalue weighted by Gasteiger charge is 2.05. The lowest BCUT2D eigenvalue weighted by atomic mass is 10.1. The molecule has 0 aliphatic carbocycles. The molecule has 20 heavy (non-hydrogen) atoms. The molecule has 0 amide bonds. The number of benzene rings is 1. The summed E-state index contributed by atoms with van der Waals surface area (Å²) in [5, 5.41) is 3.31. The summed E-state index contributed by atoms with van der Waals surface area (Å²) in [7, 11) is 2.05. The number of nitrogens with one attached hydrogen (secondary N) is 1. The summed E-state index contributed by atoms with van der Waals surface area (Å²) < 4.78 is 28.2. The van der Waals surface area contributed by atoms with Crippen molar-refractivity contribution in [2.75, 3.05) is 6.54 Å². The fourth-order valence-electron chi connectivity index (χ4n) is 2.32. The summed E-state index contributed by atoms with van der Waals surface area (Å²) in [5.41, 5.74) is 4.41. The van der Waals surface area contributed by atoms with E-state index in [1.807, 2.05) is 7.05 Å². The molecule has 0 unspecified atom stereocenters. The Kier molecular flexibility index (Phi) is 4.55. The van der Waals surface area contributed by atoms with Gasteiger partial charge in [-0.1, -0.05) is 0 Å². The number of hydrogen-bond donors (Lipinski definition) is 1. The van der Waals surface area contributed by atoms with E-state index in [0.29, 0.717) is 18.5 Å². The molecule has 0 saturated carbocycles. The van der Waals surface area contributed by atoms with E-state index in [4.69, 9.17) is 0 Å². The molecule has 0 aliphatic heterocycles. The maximum atomic E-state index is 13.0. The van der Waals surface area contributed by atoms with E-state index >= 15 is 0 Å². The number of halogens is 2. The first-order chi connectivity index (χ1) is 9.47. The van der Waals surface area contributed by atoms with Gasteiger partial charge in [0.2, 0.25) is 0 Å². The van der Waals surface area contributed by atoms with Crippen LogP contribution < -0.4 is 5.32 Å². The third-order valence-electron chi connectivity index (χ3n) is 3.71. The van der Waals surface area contributed by atoms with Gasteiger partial charge >= 0.3 is 0 Å². The third-order valence-corrected chi connectivity index (χ3v) is 3.71. The lowest BCUT2D eigenvalue weighted by Gasteiger charge is -2.06. The van der Waals surface area contributed by atoms with E-state index in [-0.39, 0.29) is 0 Å². The van der Waals surface area contributed by atoms with E-state index in [9.17, 15) is 8.78 Å². The molecule has 1 aromatic carbocycles. The van der Waals surface area contributed by atoms with Gasteiger partial charge in [-0.3, -0.25) is 0 Å². The van der Waals surface area contributed by atoms with Crippen molar-refractivity contribution in [1.82, 2.24) is 9.88 Å². The monoisotopic (exact) mass is 278 g/mol. The highest BCUT2D eigenvalue weighted by Crippen LogP contribution is 2.13. The van der Waals surface area contributed by atoms with Crippen LogP contribution in [0.15, 0.2) is 24.3 Å². The summed E-state index contributed by atoms with van der Waals surface area (Å²) in [6, 6.07) is 5.81. The molecule has 0 atom stereocenters. The summed E-state index contributed by atoms with van der Waals surface area (Å²) in [6.45, 7) is 5.62. The minimum atomic E-state index is -0.519. The Morgan fingerprint density at radius 2 is 1.70 bits per heavy atom. The van der Waals surface area contributed by atoms with Gasteiger partial charge < -0.3 is 9.88 Å². The Morgan fingerprint density at radius 1 is 1.05 bits per heavy atom. The Labute approximate surface area is 118 Å². The topological polar surface area (TPSA) is 17.0 Å². The second-order valence-electron chi connectivity index (χ2n) is 5.16. The fourth-order valence-corrected chi connectivity index (χ4v) is 2.32. The van der Waals surface area contributed by atoms with Crippen LogP contribution in [0.3, 0.4) is 0 Å². The van der Waals surface area contributed by atoms with Gasteiger partial charge in [0.25, 0.3) is 0 Å². The Bertz CT molecular complexity index is 583. The van der Waals surface area contributed by atoms with E-state index in [2.05, 4.69) is 29.8 Å². The molecular formula is C16H20F2N2. The molecule has 0 spiro atoms. The zero-order chi connectivity index (χ0) is 14.7. The van der Waals surface area contributed by atoms with E-state index in [0.717, 1.165) is 12.6 Å². The molecule has 0 radical (unpaired) electrons. The van der Waals surface area contributed by atoms with Gasteiger partial charge in [0.15, 0.2) is 0 Å². The largest absolute Gasteiger partial charge is 0.352 e. The van der Waals surface area contributed by atoms with Gasteiger partial charge in [-0.25, -0.2) is 8.78 Å². The Hall–Kier alpha value is -1.68. The summed E-state index contributed by atoms with van der Waals surface area (Å²) in [5.74, 6) is -1.04. The van der Waals surface area contributed by atoms with Crippen molar-refractivity contribution in [3.63, 3.8) is 0 Å². The predicted octanol–water partition coefficient (Wildman–Crippen LogP) is 3.25. The quantitative estimate of drug-likeness (QED) is 0.831. The highest BCUT2D eigenvalue weighted by molar-refractivity contribution is 5.26. The first kappa shape index (κ1) is 14.7. The lowest BCUT2D eigenvalue weighted by Crippen LogP contribution is -2.17. The highest BCUT2D eigenvalue weighted by atomic mass is 19.1. The molecule has 2 nitrogen and oxygen atoms in total. The molecule has 2 aromatic rings. The third kappa shape index (κ3) is 3.45. The van der Waals surface area contributed by atoms with Crippen molar-refractivity contribution in [1.29, 1.82) is 0 Å². The molecule has 1 N–H and O–H groups in total. The van der Waals surface area contributed by atoms with E-state index < -0.39 is 11.6 Å². The molecular weight excluding hydrogens is 258 g/mol. The van der Waals surface area contributed by atoms with Crippen LogP contribution in [0.5, 0.6) is 0 Å².